The monoisotopic (exact) mass is 410 g/mol. The maximum absolute atomic E-state index is 13.3. The second-order valence-electron chi connectivity index (χ2n) is 7.65. The van der Waals surface area contributed by atoms with Gasteiger partial charge in [0.1, 0.15) is 11.8 Å². The Kier molecular flexibility index (Phi) is 9.39. The molecule has 0 aliphatic rings. The molecule has 2 atom stereocenters. The van der Waals surface area contributed by atoms with Gasteiger partial charge in [0.25, 0.3) is 0 Å². The fourth-order valence-corrected chi connectivity index (χ4v) is 3.32. The Hall–Kier alpha value is -2.82. The lowest BCUT2D eigenvalue weighted by molar-refractivity contribution is -0.141. The number of hydrogen-bond acceptors (Lipinski definition) is 3. The van der Waals surface area contributed by atoms with Crippen LogP contribution in [0.25, 0.3) is 0 Å². The first-order chi connectivity index (χ1) is 14.5. The van der Waals surface area contributed by atoms with E-state index in [2.05, 4.69) is 5.32 Å². The number of nitrogens with zero attached hydrogens (tertiary/aromatic N) is 1. The van der Waals surface area contributed by atoms with Crippen molar-refractivity contribution >= 4 is 11.8 Å². The highest BCUT2D eigenvalue weighted by Crippen LogP contribution is 2.19. The Bertz CT molecular complexity index is 807. The van der Waals surface area contributed by atoms with E-state index in [-0.39, 0.29) is 17.9 Å². The van der Waals surface area contributed by atoms with Crippen LogP contribution in [-0.2, 0) is 22.6 Å². The summed E-state index contributed by atoms with van der Waals surface area (Å²) in [4.78, 5) is 28.1. The van der Waals surface area contributed by atoms with E-state index in [0.29, 0.717) is 19.4 Å². The number of carbonyl (C=O) groups is 2. The fraction of sp³-hybridized carbons (Fsp3) is 0.440. The van der Waals surface area contributed by atoms with Crippen LogP contribution in [0.1, 0.15) is 51.2 Å². The summed E-state index contributed by atoms with van der Waals surface area (Å²) < 4.78 is 5.33. The van der Waals surface area contributed by atoms with Gasteiger partial charge in [-0.2, -0.15) is 0 Å². The standard InChI is InChI=1S/C25H34N2O3/c1-5-11-24(28)27(18-21-14-10-15-22(16-21)30-4)23(25(29)26-19(3)6-2)17-20-12-8-7-9-13-20/h7-10,12-16,19,23H,5-6,11,17-18H2,1-4H3,(H,26,29)/t19-,23-/m1/s1. The molecule has 2 amide bonds. The number of nitrogens with one attached hydrogen (secondary N) is 1. The zero-order valence-electron chi connectivity index (χ0n) is 18.6. The van der Waals surface area contributed by atoms with Crippen LogP contribution in [0.15, 0.2) is 54.6 Å². The summed E-state index contributed by atoms with van der Waals surface area (Å²) in [6.45, 7) is 6.36. The van der Waals surface area contributed by atoms with E-state index in [1.54, 1.807) is 12.0 Å². The molecule has 0 heterocycles. The highest BCUT2D eigenvalue weighted by Gasteiger charge is 2.30. The summed E-state index contributed by atoms with van der Waals surface area (Å²) in [5.74, 6) is 0.611. The lowest BCUT2D eigenvalue weighted by Crippen LogP contribution is -2.52. The average Bonchev–Trinajstić information content (AvgIpc) is 2.76. The number of benzene rings is 2. The van der Waals surface area contributed by atoms with Gasteiger partial charge in [-0.05, 0) is 43.0 Å². The molecule has 0 saturated heterocycles. The molecule has 0 radical (unpaired) electrons. The van der Waals surface area contributed by atoms with Gasteiger partial charge in [0.05, 0.1) is 7.11 Å². The minimum atomic E-state index is -0.577. The highest BCUT2D eigenvalue weighted by atomic mass is 16.5. The van der Waals surface area contributed by atoms with Gasteiger partial charge in [-0.1, -0.05) is 56.3 Å². The zero-order chi connectivity index (χ0) is 21.9. The normalized spacial score (nSPS) is 12.7. The van der Waals surface area contributed by atoms with E-state index < -0.39 is 6.04 Å². The van der Waals surface area contributed by atoms with Crippen LogP contribution in [-0.4, -0.2) is 35.9 Å². The SMILES string of the molecule is CCCC(=O)N(Cc1cccc(OC)c1)[C@H](Cc1ccccc1)C(=O)N[C@H](C)CC. The van der Waals surface area contributed by atoms with Gasteiger partial charge in [0.2, 0.25) is 11.8 Å². The summed E-state index contributed by atoms with van der Waals surface area (Å²) >= 11 is 0. The number of rotatable bonds is 11. The Balaban J connectivity index is 2.38. The first-order valence-corrected chi connectivity index (χ1v) is 10.7. The molecule has 162 valence electrons. The molecule has 0 aromatic heterocycles. The van der Waals surface area contributed by atoms with Crippen molar-refractivity contribution in [1.29, 1.82) is 0 Å². The Morgan fingerprint density at radius 2 is 1.73 bits per heavy atom. The molecule has 30 heavy (non-hydrogen) atoms. The van der Waals surface area contributed by atoms with Crippen LogP contribution >= 0.6 is 0 Å². The predicted octanol–water partition coefficient (Wildman–Crippen LogP) is 4.35. The van der Waals surface area contributed by atoms with Crippen molar-refractivity contribution in [3.63, 3.8) is 0 Å². The Labute approximate surface area is 180 Å². The van der Waals surface area contributed by atoms with E-state index in [1.165, 1.54) is 0 Å². The number of methoxy groups -OCH3 is 1. The fourth-order valence-electron chi connectivity index (χ4n) is 3.32. The molecule has 0 unspecified atom stereocenters. The van der Waals surface area contributed by atoms with Gasteiger partial charge in [-0.25, -0.2) is 0 Å². The molecule has 2 rings (SSSR count). The van der Waals surface area contributed by atoms with Crippen LogP contribution in [0.3, 0.4) is 0 Å². The summed E-state index contributed by atoms with van der Waals surface area (Å²) in [7, 11) is 1.62. The number of ether oxygens (including phenoxy) is 1. The molecule has 0 fully saturated rings. The maximum Gasteiger partial charge on any atom is 0.243 e. The van der Waals surface area contributed by atoms with Crippen LogP contribution < -0.4 is 10.1 Å². The third-order valence-corrected chi connectivity index (χ3v) is 5.22. The van der Waals surface area contributed by atoms with Gasteiger partial charge < -0.3 is 15.0 Å². The minimum Gasteiger partial charge on any atom is -0.497 e. The van der Waals surface area contributed by atoms with E-state index >= 15 is 0 Å². The predicted molar refractivity (Wildman–Crippen MR) is 120 cm³/mol. The molecule has 0 aliphatic heterocycles. The quantitative estimate of drug-likeness (QED) is 0.599. The number of amides is 2. The van der Waals surface area contributed by atoms with E-state index in [1.807, 2.05) is 75.4 Å². The van der Waals surface area contributed by atoms with Crippen molar-refractivity contribution in [3.8, 4) is 5.75 Å². The first-order valence-electron chi connectivity index (χ1n) is 10.7. The minimum absolute atomic E-state index is 0.0134. The molecular weight excluding hydrogens is 376 g/mol. The Morgan fingerprint density at radius 3 is 2.37 bits per heavy atom. The number of hydrogen-bond donors (Lipinski definition) is 1. The largest absolute Gasteiger partial charge is 0.497 e. The summed E-state index contributed by atoms with van der Waals surface area (Å²) in [6, 6.07) is 17.0. The molecular formula is C25H34N2O3. The average molecular weight is 411 g/mol. The second kappa shape index (κ2) is 12.0. The van der Waals surface area contributed by atoms with Crippen molar-refractivity contribution < 1.29 is 14.3 Å². The second-order valence-corrected chi connectivity index (χ2v) is 7.65. The number of carbonyl (C=O) groups excluding carboxylic acids is 2. The molecule has 2 aromatic rings. The van der Waals surface area contributed by atoms with Crippen LogP contribution in [0.2, 0.25) is 0 Å². The van der Waals surface area contributed by atoms with Gasteiger partial charge in [0, 0.05) is 25.4 Å². The summed E-state index contributed by atoms with van der Waals surface area (Å²) in [6.07, 6.45) is 2.45. The van der Waals surface area contributed by atoms with E-state index in [4.69, 9.17) is 4.74 Å². The topological polar surface area (TPSA) is 58.6 Å². The summed E-state index contributed by atoms with van der Waals surface area (Å²) in [5, 5.41) is 3.08. The van der Waals surface area contributed by atoms with Crippen molar-refractivity contribution in [2.45, 2.75) is 65.1 Å². The van der Waals surface area contributed by atoms with Crippen molar-refractivity contribution in [1.82, 2.24) is 10.2 Å². The van der Waals surface area contributed by atoms with Gasteiger partial charge >= 0.3 is 0 Å². The van der Waals surface area contributed by atoms with Crippen LogP contribution in [0, 0.1) is 0 Å². The highest BCUT2D eigenvalue weighted by molar-refractivity contribution is 5.88. The van der Waals surface area contributed by atoms with Crippen molar-refractivity contribution in [2.75, 3.05) is 7.11 Å². The Morgan fingerprint density at radius 1 is 1.03 bits per heavy atom. The summed E-state index contributed by atoms with van der Waals surface area (Å²) in [5.41, 5.74) is 1.97. The molecule has 0 spiro atoms. The maximum atomic E-state index is 13.3. The van der Waals surface area contributed by atoms with Crippen LogP contribution in [0.5, 0.6) is 5.75 Å². The first kappa shape index (κ1) is 23.5. The zero-order valence-corrected chi connectivity index (χ0v) is 18.6. The lowest BCUT2D eigenvalue weighted by Gasteiger charge is -2.32. The third kappa shape index (κ3) is 6.90. The molecule has 5 heteroatoms. The van der Waals surface area contributed by atoms with Gasteiger partial charge in [0.15, 0.2) is 0 Å². The molecule has 0 saturated carbocycles. The molecule has 0 bridgehead atoms. The van der Waals surface area contributed by atoms with Gasteiger partial charge in [-0.3, -0.25) is 9.59 Å². The molecule has 2 aromatic carbocycles. The molecule has 1 N–H and O–H groups in total. The van der Waals surface area contributed by atoms with Gasteiger partial charge in [-0.15, -0.1) is 0 Å². The molecule has 0 aliphatic carbocycles. The van der Waals surface area contributed by atoms with Crippen molar-refractivity contribution in [2.24, 2.45) is 0 Å². The van der Waals surface area contributed by atoms with Crippen LogP contribution in [0.4, 0.5) is 0 Å². The lowest BCUT2D eigenvalue weighted by atomic mass is 10.0. The van der Waals surface area contributed by atoms with E-state index in [9.17, 15) is 9.59 Å². The smallest absolute Gasteiger partial charge is 0.243 e. The third-order valence-electron chi connectivity index (χ3n) is 5.22. The van der Waals surface area contributed by atoms with E-state index in [0.717, 1.165) is 29.7 Å². The van der Waals surface area contributed by atoms with Crippen molar-refractivity contribution in [3.05, 3.63) is 65.7 Å². The molecule has 5 nitrogen and oxygen atoms in total.